The molecule has 1 aromatic heterocycles. The van der Waals surface area contributed by atoms with E-state index in [0.717, 1.165) is 0 Å². The first-order valence-corrected chi connectivity index (χ1v) is 7.58. The van der Waals surface area contributed by atoms with Crippen LogP contribution in [0.3, 0.4) is 0 Å². The lowest BCUT2D eigenvalue weighted by Gasteiger charge is -2.26. The van der Waals surface area contributed by atoms with Crippen LogP contribution in [0.15, 0.2) is 64.8 Å². The van der Waals surface area contributed by atoms with Gasteiger partial charge < -0.3 is 15.5 Å². The number of rotatable bonds is 1. The van der Waals surface area contributed by atoms with Crippen LogP contribution >= 0.6 is 0 Å². The topological polar surface area (TPSA) is 91.9 Å². The van der Waals surface area contributed by atoms with Gasteiger partial charge in [-0.3, -0.25) is 4.79 Å². The second-order valence-electron chi connectivity index (χ2n) is 5.72. The van der Waals surface area contributed by atoms with Crippen molar-refractivity contribution < 1.29 is 9.13 Å². The summed E-state index contributed by atoms with van der Waals surface area (Å²) >= 11 is 0. The smallest absolute Gasteiger partial charge is 0.232 e. The third kappa shape index (κ3) is 2.25. The number of hydrogen-bond donors (Lipinski definition) is 2. The summed E-state index contributed by atoms with van der Waals surface area (Å²) in [6.07, 6.45) is 0. The Bertz CT molecular complexity index is 1140. The Morgan fingerprint density at radius 1 is 1.20 bits per heavy atom. The number of hydrogen-bond acceptors (Lipinski definition) is 4. The van der Waals surface area contributed by atoms with Crippen molar-refractivity contribution in [3.63, 3.8) is 0 Å². The molecule has 0 fully saturated rings. The molecular formula is C19H12FN3O2. The fourth-order valence-corrected chi connectivity index (χ4v) is 3.13. The molecule has 1 atom stereocenters. The van der Waals surface area contributed by atoms with Gasteiger partial charge in [0.2, 0.25) is 11.3 Å². The van der Waals surface area contributed by atoms with Crippen LogP contribution in [0, 0.1) is 17.1 Å². The van der Waals surface area contributed by atoms with Crippen molar-refractivity contribution in [3.05, 3.63) is 87.3 Å². The monoisotopic (exact) mass is 333 g/mol. The third-order valence-corrected chi connectivity index (χ3v) is 4.25. The lowest BCUT2D eigenvalue weighted by atomic mass is 9.86. The highest BCUT2D eigenvalue weighted by Gasteiger charge is 2.33. The number of nitrogens with one attached hydrogen (secondary N) is 1. The van der Waals surface area contributed by atoms with Gasteiger partial charge in [-0.15, -0.1) is 0 Å². The van der Waals surface area contributed by atoms with E-state index in [9.17, 15) is 14.4 Å². The highest BCUT2D eigenvalue weighted by Crippen LogP contribution is 2.40. The number of nitrogens with two attached hydrogens (primary N) is 1. The first-order chi connectivity index (χ1) is 12.1. The number of fused-ring (bicyclic) bond motifs is 2. The Labute approximate surface area is 141 Å². The maximum atomic E-state index is 13.7. The normalized spacial score (nSPS) is 16.2. The predicted molar refractivity (Wildman–Crippen MR) is 90.3 cm³/mol. The number of ether oxygens (including phenoxy) is 1. The molecule has 0 saturated carbocycles. The first kappa shape index (κ1) is 15.0. The van der Waals surface area contributed by atoms with Crippen molar-refractivity contribution in [1.82, 2.24) is 4.98 Å². The van der Waals surface area contributed by atoms with Crippen LogP contribution < -0.4 is 15.9 Å². The quantitative estimate of drug-likeness (QED) is 0.716. The molecule has 1 aliphatic heterocycles. The van der Waals surface area contributed by atoms with E-state index in [4.69, 9.17) is 10.5 Å². The summed E-state index contributed by atoms with van der Waals surface area (Å²) in [7, 11) is 0. The molecule has 0 amide bonds. The van der Waals surface area contributed by atoms with E-state index in [2.05, 4.69) is 4.98 Å². The van der Waals surface area contributed by atoms with Gasteiger partial charge in [0.25, 0.3) is 0 Å². The molecule has 2 heterocycles. The molecule has 25 heavy (non-hydrogen) atoms. The molecule has 1 aliphatic rings. The molecule has 0 radical (unpaired) electrons. The molecule has 0 bridgehead atoms. The maximum Gasteiger partial charge on any atom is 0.232 e. The largest absolute Gasteiger partial charge is 0.434 e. The molecule has 5 nitrogen and oxygen atoms in total. The van der Waals surface area contributed by atoms with Crippen LogP contribution in [0.1, 0.15) is 17.2 Å². The minimum Gasteiger partial charge on any atom is -0.434 e. The highest BCUT2D eigenvalue weighted by atomic mass is 19.1. The number of para-hydroxylation sites is 1. The van der Waals surface area contributed by atoms with Crippen molar-refractivity contribution in [2.24, 2.45) is 5.73 Å². The second kappa shape index (κ2) is 5.49. The number of nitrogens with zero attached hydrogens (tertiary/aromatic N) is 1. The minimum atomic E-state index is -0.707. The lowest BCUT2D eigenvalue weighted by Crippen LogP contribution is -2.26. The van der Waals surface area contributed by atoms with Crippen LogP contribution in [0.2, 0.25) is 0 Å². The summed E-state index contributed by atoms with van der Waals surface area (Å²) in [6, 6.07) is 14.8. The average molecular weight is 333 g/mol. The average Bonchev–Trinajstić information content (AvgIpc) is 2.62. The van der Waals surface area contributed by atoms with Gasteiger partial charge in [0, 0.05) is 10.9 Å². The number of aromatic nitrogens is 1. The second-order valence-corrected chi connectivity index (χ2v) is 5.72. The lowest BCUT2D eigenvalue weighted by molar-refractivity contribution is 0.387. The number of pyridine rings is 1. The molecule has 3 aromatic rings. The van der Waals surface area contributed by atoms with E-state index in [1.54, 1.807) is 36.4 Å². The van der Waals surface area contributed by atoms with E-state index < -0.39 is 11.7 Å². The summed E-state index contributed by atoms with van der Waals surface area (Å²) in [4.78, 5) is 15.9. The molecule has 0 spiro atoms. The van der Waals surface area contributed by atoms with Crippen LogP contribution in [-0.4, -0.2) is 4.98 Å². The number of aromatic amines is 1. The molecule has 2 aromatic carbocycles. The van der Waals surface area contributed by atoms with E-state index >= 15 is 0 Å². The zero-order valence-corrected chi connectivity index (χ0v) is 12.9. The number of benzene rings is 2. The van der Waals surface area contributed by atoms with Crippen LogP contribution in [0.25, 0.3) is 10.9 Å². The Hall–Kier alpha value is -3.59. The highest BCUT2D eigenvalue weighted by molar-refractivity contribution is 5.81. The fourth-order valence-electron chi connectivity index (χ4n) is 3.13. The first-order valence-electron chi connectivity index (χ1n) is 7.58. The SMILES string of the molecule is N#CC1=C(N)Oc2c([nH]c3ccccc3c2=O)C1c1cccc(F)c1. The molecule has 1 unspecified atom stereocenters. The number of allylic oxidation sites excluding steroid dienone is 1. The van der Waals surface area contributed by atoms with Crippen LogP contribution in [0.4, 0.5) is 4.39 Å². The fraction of sp³-hybridized carbons (Fsp3) is 0.0526. The maximum absolute atomic E-state index is 13.7. The third-order valence-electron chi connectivity index (χ3n) is 4.25. The molecule has 122 valence electrons. The Morgan fingerprint density at radius 3 is 2.76 bits per heavy atom. The van der Waals surface area contributed by atoms with Gasteiger partial charge in [0.05, 0.1) is 11.6 Å². The van der Waals surface area contributed by atoms with E-state index in [1.165, 1.54) is 12.1 Å². The molecule has 4 rings (SSSR count). The van der Waals surface area contributed by atoms with E-state index in [1.807, 2.05) is 6.07 Å². The Kier molecular flexibility index (Phi) is 3.29. The van der Waals surface area contributed by atoms with Gasteiger partial charge in [-0.2, -0.15) is 5.26 Å². The number of halogens is 1. The van der Waals surface area contributed by atoms with Crippen molar-refractivity contribution in [2.45, 2.75) is 5.92 Å². The van der Waals surface area contributed by atoms with Gasteiger partial charge in [-0.25, -0.2) is 4.39 Å². The molecule has 0 saturated heterocycles. The van der Waals surface area contributed by atoms with Gasteiger partial charge in [0.1, 0.15) is 17.5 Å². The van der Waals surface area contributed by atoms with Crippen molar-refractivity contribution in [3.8, 4) is 11.8 Å². The number of nitriles is 1. The van der Waals surface area contributed by atoms with E-state index in [-0.39, 0.29) is 22.6 Å². The summed E-state index contributed by atoms with van der Waals surface area (Å²) in [5.74, 6) is -1.26. The van der Waals surface area contributed by atoms with Gasteiger partial charge in [-0.1, -0.05) is 24.3 Å². The van der Waals surface area contributed by atoms with Gasteiger partial charge in [0.15, 0.2) is 5.75 Å². The molecule has 0 aliphatic carbocycles. The van der Waals surface area contributed by atoms with Crippen molar-refractivity contribution >= 4 is 10.9 Å². The van der Waals surface area contributed by atoms with Crippen LogP contribution in [-0.2, 0) is 0 Å². The standard InChI is InChI=1S/C19H12FN3O2/c20-11-5-3-4-10(8-11)15-13(9-21)19(22)25-18-16(15)23-14-7-2-1-6-12(14)17(18)24/h1-8,15H,22H2,(H,23,24). The molecule has 6 heteroatoms. The number of H-pyrrole nitrogens is 1. The summed E-state index contributed by atoms with van der Waals surface area (Å²) in [5, 5.41) is 9.97. The zero-order chi connectivity index (χ0) is 17.6. The van der Waals surface area contributed by atoms with Crippen molar-refractivity contribution in [2.75, 3.05) is 0 Å². The Balaban J connectivity index is 2.07. The summed E-state index contributed by atoms with van der Waals surface area (Å²) in [5.41, 5.74) is 7.18. The van der Waals surface area contributed by atoms with Crippen LogP contribution in [0.5, 0.6) is 5.75 Å². The van der Waals surface area contributed by atoms with Gasteiger partial charge >= 0.3 is 0 Å². The summed E-state index contributed by atoms with van der Waals surface area (Å²) in [6.45, 7) is 0. The predicted octanol–water partition coefficient (Wildman–Crippen LogP) is 2.89. The van der Waals surface area contributed by atoms with Gasteiger partial charge in [-0.05, 0) is 29.8 Å². The molecular weight excluding hydrogens is 321 g/mol. The Morgan fingerprint density at radius 2 is 2.00 bits per heavy atom. The minimum absolute atomic E-state index is 0.0319. The summed E-state index contributed by atoms with van der Waals surface area (Å²) < 4.78 is 19.2. The van der Waals surface area contributed by atoms with E-state index in [0.29, 0.717) is 22.2 Å². The van der Waals surface area contributed by atoms with Crippen molar-refractivity contribution in [1.29, 1.82) is 5.26 Å². The molecule has 3 N–H and O–H groups in total. The zero-order valence-electron chi connectivity index (χ0n) is 12.9.